The molecule has 0 amide bonds. The van der Waals surface area contributed by atoms with E-state index in [4.69, 9.17) is 11.6 Å². The molecule has 2 aromatic carbocycles. The van der Waals surface area contributed by atoms with Gasteiger partial charge in [0.2, 0.25) is 0 Å². The highest BCUT2D eigenvalue weighted by Crippen LogP contribution is 2.21. The zero-order chi connectivity index (χ0) is 13.0. The molecule has 2 atom stereocenters. The van der Waals surface area contributed by atoms with Crippen LogP contribution in [-0.4, -0.2) is 0 Å². The van der Waals surface area contributed by atoms with Gasteiger partial charge in [0, 0.05) is 17.1 Å². The Morgan fingerprint density at radius 3 is 2.11 bits per heavy atom. The van der Waals surface area contributed by atoms with Crippen LogP contribution in [0.2, 0.25) is 5.02 Å². The van der Waals surface area contributed by atoms with E-state index >= 15 is 0 Å². The Morgan fingerprint density at radius 1 is 0.833 bits per heavy atom. The van der Waals surface area contributed by atoms with Crippen molar-refractivity contribution in [1.82, 2.24) is 5.32 Å². The van der Waals surface area contributed by atoms with Gasteiger partial charge in [-0.2, -0.15) is 0 Å². The smallest absolute Gasteiger partial charge is 0.0409 e. The predicted molar refractivity (Wildman–Crippen MR) is 77.9 cm³/mol. The van der Waals surface area contributed by atoms with Crippen molar-refractivity contribution in [3.05, 3.63) is 70.7 Å². The summed E-state index contributed by atoms with van der Waals surface area (Å²) in [5.74, 6) is 0. The van der Waals surface area contributed by atoms with Crippen molar-refractivity contribution < 1.29 is 0 Å². The van der Waals surface area contributed by atoms with Gasteiger partial charge in [-0.1, -0.05) is 54.1 Å². The van der Waals surface area contributed by atoms with Crippen molar-refractivity contribution in [2.45, 2.75) is 25.9 Å². The molecule has 0 heterocycles. The summed E-state index contributed by atoms with van der Waals surface area (Å²) in [5.41, 5.74) is 2.51. The maximum Gasteiger partial charge on any atom is 0.0409 e. The van der Waals surface area contributed by atoms with Crippen LogP contribution in [0.1, 0.15) is 37.1 Å². The van der Waals surface area contributed by atoms with Crippen molar-refractivity contribution in [1.29, 1.82) is 0 Å². The molecule has 1 N–H and O–H groups in total. The minimum atomic E-state index is 0.277. The van der Waals surface area contributed by atoms with Crippen LogP contribution in [0.25, 0.3) is 0 Å². The summed E-state index contributed by atoms with van der Waals surface area (Å²) in [6.07, 6.45) is 0. The van der Waals surface area contributed by atoms with E-state index < -0.39 is 0 Å². The molecule has 0 spiro atoms. The van der Waals surface area contributed by atoms with Gasteiger partial charge >= 0.3 is 0 Å². The van der Waals surface area contributed by atoms with Crippen LogP contribution < -0.4 is 5.32 Å². The van der Waals surface area contributed by atoms with E-state index in [0.29, 0.717) is 6.04 Å². The summed E-state index contributed by atoms with van der Waals surface area (Å²) < 4.78 is 0. The van der Waals surface area contributed by atoms with Crippen LogP contribution in [-0.2, 0) is 0 Å². The molecule has 0 saturated heterocycles. The van der Waals surface area contributed by atoms with Crippen LogP contribution >= 0.6 is 11.6 Å². The number of hydrogen-bond acceptors (Lipinski definition) is 1. The Labute approximate surface area is 114 Å². The Balaban J connectivity index is 2.05. The van der Waals surface area contributed by atoms with E-state index in [1.165, 1.54) is 11.1 Å². The standard InChI is InChI=1S/C16H18ClN/c1-12(14-7-4-3-5-8-14)18-13(2)15-9-6-10-16(17)11-15/h3-13,18H,1-2H3/t12?,13-/m1/s1. The quantitative estimate of drug-likeness (QED) is 0.835. The molecule has 0 radical (unpaired) electrons. The molecular formula is C16H18ClN. The largest absolute Gasteiger partial charge is 0.304 e. The van der Waals surface area contributed by atoms with Gasteiger partial charge in [-0.3, -0.25) is 0 Å². The van der Waals surface area contributed by atoms with Gasteiger partial charge in [0.25, 0.3) is 0 Å². The van der Waals surface area contributed by atoms with Crippen molar-refractivity contribution >= 4 is 11.6 Å². The van der Waals surface area contributed by atoms with Crippen LogP contribution in [0.4, 0.5) is 0 Å². The molecule has 0 aliphatic carbocycles. The van der Waals surface area contributed by atoms with Crippen molar-refractivity contribution in [2.75, 3.05) is 0 Å². The summed E-state index contributed by atoms with van der Waals surface area (Å²) in [7, 11) is 0. The molecule has 2 aromatic rings. The molecule has 94 valence electrons. The fourth-order valence-corrected chi connectivity index (χ4v) is 2.28. The minimum Gasteiger partial charge on any atom is -0.304 e. The van der Waals surface area contributed by atoms with E-state index in [0.717, 1.165) is 5.02 Å². The first-order valence-electron chi connectivity index (χ1n) is 6.23. The number of rotatable bonds is 4. The Hall–Kier alpha value is -1.31. The molecule has 18 heavy (non-hydrogen) atoms. The third-order valence-electron chi connectivity index (χ3n) is 3.15. The SMILES string of the molecule is CC(N[C@H](C)c1cccc(Cl)c1)c1ccccc1. The summed E-state index contributed by atoms with van der Waals surface area (Å²) in [5, 5.41) is 4.37. The lowest BCUT2D eigenvalue weighted by Crippen LogP contribution is -2.22. The number of halogens is 1. The number of nitrogens with one attached hydrogen (secondary N) is 1. The van der Waals surface area contributed by atoms with Gasteiger partial charge in [-0.25, -0.2) is 0 Å². The highest BCUT2D eigenvalue weighted by Gasteiger charge is 2.10. The van der Waals surface area contributed by atoms with Gasteiger partial charge < -0.3 is 5.32 Å². The van der Waals surface area contributed by atoms with Crippen LogP contribution in [0.5, 0.6) is 0 Å². The number of benzene rings is 2. The molecule has 0 bridgehead atoms. The lowest BCUT2D eigenvalue weighted by atomic mass is 10.0. The molecule has 0 saturated carbocycles. The molecule has 0 aromatic heterocycles. The summed E-state index contributed by atoms with van der Waals surface area (Å²) in [6, 6.07) is 19.1. The Morgan fingerprint density at radius 2 is 1.44 bits per heavy atom. The average Bonchev–Trinajstić information content (AvgIpc) is 2.39. The minimum absolute atomic E-state index is 0.277. The maximum absolute atomic E-state index is 6.01. The lowest BCUT2D eigenvalue weighted by Gasteiger charge is -2.21. The molecule has 2 heteroatoms. The van der Waals surface area contributed by atoms with Crippen LogP contribution in [0, 0.1) is 0 Å². The van der Waals surface area contributed by atoms with Gasteiger partial charge in [0.1, 0.15) is 0 Å². The average molecular weight is 260 g/mol. The van der Waals surface area contributed by atoms with E-state index in [-0.39, 0.29) is 6.04 Å². The summed E-state index contributed by atoms with van der Waals surface area (Å²) >= 11 is 6.01. The van der Waals surface area contributed by atoms with Gasteiger partial charge in [-0.15, -0.1) is 0 Å². The first-order valence-corrected chi connectivity index (χ1v) is 6.61. The lowest BCUT2D eigenvalue weighted by molar-refractivity contribution is 0.495. The summed E-state index contributed by atoms with van der Waals surface area (Å²) in [6.45, 7) is 4.33. The molecule has 0 aliphatic rings. The zero-order valence-electron chi connectivity index (χ0n) is 10.7. The third-order valence-corrected chi connectivity index (χ3v) is 3.38. The molecular weight excluding hydrogens is 242 g/mol. The Kier molecular flexibility index (Phi) is 4.40. The second kappa shape index (κ2) is 6.03. The van der Waals surface area contributed by atoms with Crippen molar-refractivity contribution in [3.8, 4) is 0 Å². The highest BCUT2D eigenvalue weighted by atomic mass is 35.5. The first kappa shape index (κ1) is 13.1. The molecule has 1 unspecified atom stereocenters. The van der Waals surface area contributed by atoms with Crippen molar-refractivity contribution in [3.63, 3.8) is 0 Å². The third kappa shape index (κ3) is 3.34. The van der Waals surface area contributed by atoms with Gasteiger partial charge in [0.15, 0.2) is 0 Å². The fraction of sp³-hybridized carbons (Fsp3) is 0.250. The zero-order valence-corrected chi connectivity index (χ0v) is 11.5. The first-order chi connectivity index (χ1) is 8.66. The number of hydrogen-bond donors (Lipinski definition) is 1. The topological polar surface area (TPSA) is 12.0 Å². The van der Waals surface area contributed by atoms with E-state index in [1.54, 1.807) is 0 Å². The fourth-order valence-electron chi connectivity index (χ4n) is 2.09. The van der Waals surface area contributed by atoms with E-state index in [1.807, 2.05) is 24.3 Å². The molecule has 0 aliphatic heterocycles. The second-order valence-electron chi connectivity index (χ2n) is 4.58. The van der Waals surface area contributed by atoms with Crippen molar-refractivity contribution in [2.24, 2.45) is 0 Å². The molecule has 1 nitrogen and oxygen atoms in total. The van der Waals surface area contributed by atoms with Gasteiger partial charge in [0.05, 0.1) is 0 Å². The summed E-state index contributed by atoms with van der Waals surface area (Å²) in [4.78, 5) is 0. The predicted octanol–water partition coefficient (Wildman–Crippen LogP) is 4.75. The van der Waals surface area contributed by atoms with E-state index in [9.17, 15) is 0 Å². The molecule has 2 rings (SSSR count). The highest BCUT2D eigenvalue weighted by molar-refractivity contribution is 6.30. The van der Waals surface area contributed by atoms with E-state index in [2.05, 4.69) is 49.5 Å². The normalized spacial score (nSPS) is 14.2. The Bertz CT molecular complexity index is 495. The monoisotopic (exact) mass is 259 g/mol. The van der Waals surface area contributed by atoms with Crippen LogP contribution in [0.3, 0.4) is 0 Å². The second-order valence-corrected chi connectivity index (χ2v) is 5.01. The van der Waals surface area contributed by atoms with Crippen LogP contribution in [0.15, 0.2) is 54.6 Å². The van der Waals surface area contributed by atoms with Gasteiger partial charge in [-0.05, 0) is 37.1 Å². The maximum atomic E-state index is 6.01. The molecule has 0 fully saturated rings.